The van der Waals surface area contributed by atoms with Gasteiger partial charge in [-0.2, -0.15) is 16.7 Å². The number of rotatable bonds is 6. The van der Waals surface area contributed by atoms with Crippen LogP contribution in [0.5, 0.6) is 0 Å². The molecule has 1 atom stereocenters. The van der Waals surface area contributed by atoms with Crippen molar-refractivity contribution in [1.82, 2.24) is 9.97 Å². The van der Waals surface area contributed by atoms with Crippen molar-refractivity contribution in [3.8, 4) is 0 Å². The number of fused-ring (bicyclic) bond motifs is 1. The topological polar surface area (TPSA) is 49.8 Å². The van der Waals surface area contributed by atoms with Crippen molar-refractivity contribution in [2.75, 3.05) is 29.5 Å². The Labute approximate surface area is 127 Å². The maximum absolute atomic E-state index is 4.64. The van der Waals surface area contributed by atoms with Crippen LogP contribution in [0.2, 0.25) is 0 Å². The lowest BCUT2D eigenvalue weighted by atomic mass is 10.2. The van der Waals surface area contributed by atoms with Gasteiger partial charge in [-0.15, -0.1) is 11.3 Å². The quantitative estimate of drug-likeness (QED) is 0.849. The summed E-state index contributed by atoms with van der Waals surface area (Å²) in [5.74, 6) is 3.01. The summed E-state index contributed by atoms with van der Waals surface area (Å²) in [6, 6.07) is 2.10. The van der Waals surface area contributed by atoms with Crippen LogP contribution in [-0.2, 0) is 0 Å². The molecule has 0 bridgehead atoms. The number of thiophene rings is 1. The maximum atomic E-state index is 4.64. The predicted molar refractivity (Wildman–Crippen MR) is 90.2 cm³/mol. The summed E-state index contributed by atoms with van der Waals surface area (Å²) in [7, 11) is 0. The molecule has 4 nitrogen and oxygen atoms in total. The van der Waals surface area contributed by atoms with Gasteiger partial charge in [0.2, 0.25) is 5.95 Å². The lowest BCUT2D eigenvalue weighted by molar-refractivity contribution is 0.804. The van der Waals surface area contributed by atoms with E-state index in [1.165, 1.54) is 18.6 Å². The first-order valence-corrected chi connectivity index (χ1v) is 9.14. The number of anilines is 2. The van der Waals surface area contributed by atoms with E-state index in [4.69, 9.17) is 0 Å². The fourth-order valence-corrected chi connectivity index (χ4v) is 4.29. The highest BCUT2D eigenvalue weighted by molar-refractivity contribution is 8.00. The van der Waals surface area contributed by atoms with Crippen LogP contribution in [0.1, 0.15) is 26.2 Å². The molecular weight excluding hydrogens is 288 g/mol. The summed E-state index contributed by atoms with van der Waals surface area (Å²) < 4.78 is 0. The average molecular weight is 308 g/mol. The van der Waals surface area contributed by atoms with Gasteiger partial charge >= 0.3 is 0 Å². The molecule has 0 radical (unpaired) electrons. The van der Waals surface area contributed by atoms with Crippen molar-refractivity contribution in [2.45, 2.75) is 31.4 Å². The molecule has 0 aromatic carbocycles. The van der Waals surface area contributed by atoms with Gasteiger partial charge < -0.3 is 10.6 Å². The molecule has 20 heavy (non-hydrogen) atoms. The summed E-state index contributed by atoms with van der Waals surface area (Å²) in [6.07, 6.45) is 3.74. The zero-order valence-electron chi connectivity index (χ0n) is 11.7. The van der Waals surface area contributed by atoms with Crippen LogP contribution in [0.25, 0.3) is 10.2 Å². The molecule has 2 aromatic heterocycles. The summed E-state index contributed by atoms with van der Waals surface area (Å²) in [4.78, 5) is 10.3. The Morgan fingerprint density at radius 1 is 1.35 bits per heavy atom. The summed E-state index contributed by atoms with van der Waals surface area (Å²) in [5.41, 5.74) is 0. The van der Waals surface area contributed by atoms with E-state index in [9.17, 15) is 0 Å². The Balaban J connectivity index is 1.77. The fraction of sp³-hybridized carbons (Fsp3) is 0.571. The Morgan fingerprint density at radius 2 is 2.30 bits per heavy atom. The van der Waals surface area contributed by atoms with Crippen LogP contribution in [-0.4, -0.2) is 34.1 Å². The molecule has 1 aliphatic heterocycles. The highest BCUT2D eigenvalue weighted by atomic mass is 32.2. The average Bonchev–Trinajstić information content (AvgIpc) is 3.13. The smallest absolute Gasteiger partial charge is 0.226 e. The van der Waals surface area contributed by atoms with E-state index >= 15 is 0 Å². The normalized spacial score (nSPS) is 18.6. The first-order chi connectivity index (χ1) is 9.86. The number of nitrogens with zero attached hydrogens (tertiary/aromatic N) is 2. The van der Waals surface area contributed by atoms with Gasteiger partial charge in [-0.05, 0) is 36.5 Å². The van der Waals surface area contributed by atoms with E-state index in [0.29, 0.717) is 0 Å². The molecule has 6 heteroatoms. The van der Waals surface area contributed by atoms with Crippen molar-refractivity contribution < 1.29 is 0 Å². The number of hydrogen-bond acceptors (Lipinski definition) is 6. The van der Waals surface area contributed by atoms with Gasteiger partial charge in [-0.3, -0.25) is 0 Å². The summed E-state index contributed by atoms with van der Waals surface area (Å²) in [6.45, 7) is 4.06. The summed E-state index contributed by atoms with van der Waals surface area (Å²) in [5, 5.41) is 10.8. The van der Waals surface area contributed by atoms with Crippen molar-refractivity contribution in [3.05, 3.63) is 11.4 Å². The molecule has 3 heterocycles. The molecule has 1 aliphatic rings. The standard InChI is InChI=1S/C14H20N4S2/c1-2-6-15-14-17-12(11-5-8-20-13(11)18-14)16-9-10-4-3-7-19-10/h5,8,10H,2-4,6-7,9H2,1H3,(H2,15,16,17,18). The van der Waals surface area contributed by atoms with Crippen molar-refractivity contribution in [3.63, 3.8) is 0 Å². The minimum Gasteiger partial charge on any atom is -0.368 e. The van der Waals surface area contributed by atoms with Gasteiger partial charge in [0.15, 0.2) is 0 Å². The fourth-order valence-electron chi connectivity index (χ4n) is 2.32. The van der Waals surface area contributed by atoms with E-state index in [-0.39, 0.29) is 0 Å². The minimum atomic E-state index is 0.728. The minimum absolute atomic E-state index is 0.728. The van der Waals surface area contributed by atoms with Crippen LogP contribution >= 0.6 is 23.1 Å². The zero-order valence-corrected chi connectivity index (χ0v) is 13.3. The molecule has 3 rings (SSSR count). The van der Waals surface area contributed by atoms with Crippen LogP contribution in [0.15, 0.2) is 11.4 Å². The maximum Gasteiger partial charge on any atom is 0.226 e. The predicted octanol–water partition coefficient (Wildman–Crippen LogP) is 3.82. The van der Waals surface area contributed by atoms with Crippen LogP contribution in [0.4, 0.5) is 11.8 Å². The number of nitrogens with one attached hydrogen (secondary N) is 2. The lowest BCUT2D eigenvalue weighted by Crippen LogP contribution is -2.15. The Kier molecular flexibility index (Phi) is 4.62. The van der Waals surface area contributed by atoms with Gasteiger partial charge in [0, 0.05) is 18.3 Å². The molecule has 0 aliphatic carbocycles. The third-order valence-electron chi connectivity index (χ3n) is 3.38. The SMILES string of the molecule is CCCNc1nc(NCC2CCCS2)c2ccsc2n1. The Hall–Kier alpha value is -1.01. The van der Waals surface area contributed by atoms with Crippen molar-refractivity contribution in [2.24, 2.45) is 0 Å². The van der Waals surface area contributed by atoms with Gasteiger partial charge in [0.25, 0.3) is 0 Å². The van der Waals surface area contributed by atoms with Gasteiger partial charge in [0.1, 0.15) is 10.6 Å². The zero-order chi connectivity index (χ0) is 13.8. The highest BCUT2D eigenvalue weighted by Gasteiger charge is 2.16. The number of thioether (sulfide) groups is 1. The Morgan fingerprint density at radius 3 is 3.10 bits per heavy atom. The molecule has 2 aromatic rings. The third-order valence-corrected chi connectivity index (χ3v) is 5.58. The third kappa shape index (κ3) is 3.17. The second-order valence-corrected chi connectivity index (χ2v) is 7.28. The second-order valence-electron chi connectivity index (χ2n) is 4.98. The summed E-state index contributed by atoms with van der Waals surface area (Å²) >= 11 is 3.74. The molecular formula is C14H20N4S2. The van der Waals surface area contributed by atoms with Crippen LogP contribution in [0, 0.1) is 0 Å². The van der Waals surface area contributed by atoms with E-state index in [1.807, 2.05) is 0 Å². The van der Waals surface area contributed by atoms with E-state index in [1.54, 1.807) is 11.3 Å². The molecule has 0 saturated carbocycles. The molecule has 1 saturated heterocycles. The number of hydrogen-bond donors (Lipinski definition) is 2. The monoisotopic (exact) mass is 308 g/mol. The van der Waals surface area contributed by atoms with E-state index in [0.717, 1.165) is 46.7 Å². The van der Waals surface area contributed by atoms with Crippen LogP contribution in [0.3, 0.4) is 0 Å². The number of aromatic nitrogens is 2. The van der Waals surface area contributed by atoms with E-state index in [2.05, 4.69) is 50.7 Å². The molecule has 1 unspecified atom stereocenters. The molecule has 2 N–H and O–H groups in total. The van der Waals surface area contributed by atoms with Gasteiger partial charge in [-0.25, -0.2) is 4.98 Å². The highest BCUT2D eigenvalue weighted by Crippen LogP contribution is 2.29. The second kappa shape index (κ2) is 6.63. The van der Waals surface area contributed by atoms with Crippen LogP contribution < -0.4 is 10.6 Å². The first-order valence-electron chi connectivity index (χ1n) is 7.21. The largest absolute Gasteiger partial charge is 0.368 e. The first kappa shape index (κ1) is 13.9. The van der Waals surface area contributed by atoms with Crippen molar-refractivity contribution in [1.29, 1.82) is 0 Å². The molecule has 0 amide bonds. The molecule has 108 valence electrons. The molecule has 1 fully saturated rings. The van der Waals surface area contributed by atoms with E-state index < -0.39 is 0 Å². The van der Waals surface area contributed by atoms with Gasteiger partial charge in [0.05, 0.1) is 5.39 Å². The molecule has 0 spiro atoms. The Bertz CT molecular complexity index is 563. The van der Waals surface area contributed by atoms with Gasteiger partial charge in [-0.1, -0.05) is 6.92 Å². The lowest BCUT2D eigenvalue weighted by Gasteiger charge is -2.12. The van der Waals surface area contributed by atoms with Crippen molar-refractivity contribution >= 4 is 45.1 Å².